The monoisotopic (exact) mass is 150 g/mol. The predicted octanol–water partition coefficient (Wildman–Crippen LogP) is 2.46. The van der Waals surface area contributed by atoms with Gasteiger partial charge in [-0.15, -0.1) is 0 Å². The Morgan fingerprint density at radius 2 is 2.45 bits per heavy atom. The standard InChI is InChI=1S/C10H14O/c1-3-10(11-4-2)8-6-5-7-9-10/h3,5-8H,1,4,9H2,2H3. The van der Waals surface area contributed by atoms with Gasteiger partial charge in [0, 0.05) is 13.0 Å². The van der Waals surface area contributed by atoms with Crippen LogP contribution in [0.2, 0.25) is 0 Å². The van der Waals surface area contributed by atoms with Crippen LogP contribution in [0.3, 0.4) is 0 Å². The zero-order chi connectivity index (χ0) is 8.16. The number of hydrogen-bond donors (Lipinski definition) is 0. The summed E-state index contributed by atoms with van der Waals surface area (Å²) in [4.78, 5) is 0. The fraction of sp³-hybridized carbons (Fsp3) is 0.400. The van der Waals surface area contributed by atoms with E-state index in [1.54, 1.807) is 0 Å². The maximum atomic E-state index is 5.56. The van der Waals surface area contributed by atoms with Crippen LogP contribution < -0.4 is 0 Å². The van der Waals surface area contributed by atoms with Gasteiger partial charge in [-0.3, -0.25) is 0 Å². The Labute approximate surface area is 68.1 Å². The molecule has 0 aliphatic heterocycles. The number of rotatable bonds is 3. The maximum absolute atomic E-state index is 5.56. The molecule has 0 N–H and O–H groups in total. The second-order valence-corrected chi connectivity index (χ2v) is 2.58. The first kappa shape index (κ1) is 8.28. The molecule has 1 atom stereocenters. The number of allylic oxidation sites excluding steroid dienone is 2. The quantitative estimate of drug-likeness (QED) is 0.561. The number of ether oxygens (including phenoxy) is 1. The van der Waals surface area contributed by atoms with E-state index in [4.69, 9.17) is 4.74 Å². The topological polar surface area (TPSA) is 9.23 Å². The van der Waals surface area contributed by atoms with E-state index in [-0.39, 0.29) is 5.60 Å². The highest BCUT2D eigenvalue weighted by atomic mass is 16.5. The van der Waals surface area contributed by atoms with E-state index in [2.05, 4.69) is 12.7 Å². The summed E-state index contributed by atoms with van der Waals surface area (Å²) in [5.41, 5.74) is -0.233. The molecule has 0 aromatic heterocycles. The molecule has 1 heteroatoms. The average molecular weight is 150 g/mol. The van der Waals surface area contributed by atoms with Crippen molar-refractivity contribution in [3.05, 3.63) is 37.0 Å². The Kier molecular flexibility index (Phi) is 2.66. The van der Waals surface area contributed by atoms with E-state index in [0.29, 0.717) is 0 Å². The zero-order valence-electron chi connectivity index (χ0n) is 6.92. The third kappa shape index (κ3) is 1.81. The molecule has 0 bridgehead atoms. The first-order valence-electron chi connectivity index (χ1n) is 3.95. The van der Waals surface area contributed by atoms with Gasteiger partial charge in [0.15, 0.2) is 0 Å². The van der Waals surface area contributed by atoms with Crippen LogP contribution in [0.15, 0.2) is 37.0 Å². The molecular weight excluding hydrogens is 136 g/mol. The van der Waals surface area contributed by atoms with Gasteiger partial charge in [-0.1, -0.05) is 30.9 Å². The van der Waals surface area contributed by atoms with E-state index < -0.39 is 0 Å². The Hall–Kier alpha value is -0.820. The van der Waals surface area contributed by atoms with Crippen LogP contribution in [0.25, 0.3) is 0 Å². The van der Waals surface area contributed by atoms with Crippen LogP contribution in [0.4, 0.5) is 0 Å². The molecule has 0 aromatic rings. The molecule has 0 spiro atoms. The first-order chi connectivity index (χ1) is 5.33. The minimum absolute atomic E-state index is 0.233. The van der Waals surface area contributed by atoms with Gasteiger partial charge in [-0.05, 0) is 13.0 Å². The number of hydrogen-bond acceptors (Lipinski definition) is 1. The Balaban J connectivity index is 2.68. The van der Waals surface area contributed by atoms with Crippen molar-refractivity contribution in [2.24, 2.45) is 0 Å². The molecule has 11 heavy (non-hydrogen) atoms. The van der Waals surface area contributed by atoms with Crippen molar-refractivity contribution in [3.8, 4) is 0 Å². The van der Waals surface area contributed by atoms with Crippen molar-refractivity contribution in [2.45, 2.75) is 18.9 Å². The molecule has 1 unspecified atom stereocenters. The Bertz CT molecular complexity index is 191. The second kappa shape index (κ2) is 3.54. The molecule has 0 saturated heterocycles. The molecule has 1 rings (SSSR count). The fourth-order valence-corrected chi connectivity index (χ4v) is 1.20. The van der Waals surface area contributed by atoms with Gasteiger partial charge in [0.25, 0.3) is 0 Å². The summed E-state index contributed by atoms with van der Waals surface area (Å²) in [6.07, 6.45) is 10.9. The van der Waals surface area contributed by atoms with Crippen molar-refractivity contribution in [1.29, 1.82) is 0 Å². The summed E-state index contributed by atoms with van der Waals surface area (Å²) in [6.45, 7) is 6.49. The minimum atomic E-state index is -0.233. The summed E-state index contributed by atoms with van der Waals surface area (Å²) in [5, 5.41) is 0. The molecule has 0 saturated carbocycles. The van der Waals surface area contributed by atoms with Crippen LogP contribution >= 0.6 is 0 Å². The SMILES string of the molecule is C=CC1(OCC)C=CC=CC1. The molecule has 1 aliphatic carbocycles. The molecule has 1 aliphatic rings. The van der Waals surface area contributed by atoms with E-state index in [9.17, 15) is 0 Å². The van der Waals surface area contributed by atoms with Crippen LogP contribution in [0, 0.1) is 0 Å². The van der Waals surface area contributed by atoms with Crippen molar-refractivity contribution >= 4 is 0 Å². The van der Waals surface area contributed by atoms with E-state index in [0.717, 1.165) is 13.0 Å². The van der Waals surface area contributed by atoms with Gasteiger partial charge in [0.05, 0.1) is 0 Å². The average Bonchev–Trinajstić information content (AvgIpc) is 2.07. The predicted molar refractivity (Wildman–Crippen MR) is 47.5 cm³/mol. The van der Waals surface area contributed by atoms with Gasteiger partial charge in [-0.25, -0.2) is 0 Å². The van der Waals surface area contributed by atoms with Crippen molar-refractivity contribution < 1.29 is 4.74 Å². The van der Waals surface area contributed by atoms with Gasteiger partial charge in [0.1, 0.15) is 5.60 Å². The summed E-state index contributed by atoms with van der Waals surface area (Å²) in [6, 6.07) is 0. The van der Waals surface area contributed by atoms with Crippen molar-refractivity contribution in [3.63, 3.8) is 0 Å². The largest absolute Gasteiger partial charge is 0.367 e. The normalized spacial score (nSPS) is 28.8. The molecule has 0 amide bonds. The third-order valence-electron chi connectivity index (χ3n) is 1.82. The third-order valence-corrected chi connectivity index (χ3v) is 1.82. The minimum Gasteiger partial charge on any atom is -0.367 e. The van der Waals surface area contributed by atoms with E-state index in [1.807, 2.05) is 31.2 Å². The molecule has 60 valence electrons. The van der Waals surface area contributed by atoms with Crippen LogP contribution in [-0.2, 0) is 4.74 Å². The molecule has 0 aromatic carbocycles. The van der Waals surface area contributed by atoms with Crippen LogP contribution in [-0.4, -0.2) is 12.2 Å². The molecular formula is C10H14O. The Morgan fingerprint density at radius 1 is 1.64 bits per heavy atom. The van der Waals surface area contributed by atoms with E-state index >= 15 is 0 Å². The highest BCUT2D eigenvalue weighted by molar-refractivity contribution is 5.24. The van der Waals surface area contributed by atoms with Gasteiger partial charge in [-0.2, -0.15) is 0 Å². The lowest BCUT2D eigenvalue weighted by Crippen LogP contribution is -2.27. The van der Waals surface area contributed by atoms with Gasteiger partial charge >= 0.3 is 0 Å². The van der Waals surface area contributed by atoms with Crippen LogP contribution in [0.5, 0.6) is 0 Å². The first-order valence-corrected chi connectivity index (χ1v) is 3.95. The molecule has 0 heterocycles. The van der Waals surface area contributed by atoms with Crippen LogP contribution in [0.1, 0.15) is 13.3 Å². The zero-order valence-corrected chi connectivity index (χ0v) is 6.92. The lowest BCUT2D eigenvalue weighted by molar-refractivity contribution is 0.0383. The van der Waals surface area contributed by atoms with Gasteiger partial charge < -0.3 is 4.74 Å². The highest BCUT2D eigenvalue weighted by Crippen LogP contribution is 2.23. The summed E-state index contributed by atoms with van der Waals surface area (Å²) in [7, 11) is 0. The van der Waals surface area contributed by atoms with E-state index in [1.165, 1.54) is 0 Å². The molecule has 1 nitrogen and oxygen atoms in total. The second-order valence-electron chi connectivity index (χ2n) is 2.58. The lowest BCUT2D eigenvalue weighted by Gasteiger charge is -2.27. The smallest absolute Gasteiger partial charge is 0.108 e. The summed E-state index contributed by atoms with van der Waals surface area (Å²) < 4.78 is 5.56. The molecule has 0 radical (unpaired) electrons. The highest BCUT2D eigenvalue weighted by Gasteiger charge is 2.22. The van der Waals surface area contributed by atoms with Crippen molar-refractivity contribution in [1.82, 2.24) is 0 Å². The lowest BCUT2D eigenvalue weighted by atomic mass is 9.95. The maximum Gasteiger partial charge on any atom is 0.108 e. The summed E-state index contributed by atoms with van der Waals surface area (Å²) in [5.74, 6) is 0. The molecule has 0 fully saturated rings. The Morgan fingerprint density at radius 3 is 2.91 bits per heavy atom. The van der Waals surface area contributed by atoms with Gasteiger partial charge in [0.2, 0.25) is 0 Å². The summed E-state index contributed by atoms with van der Waals surface area (Å²) >= 11 is 0. The fourth-order valence-electron chi connectivity index (χ4n) is 1.20. The van der Waals surface area contributed by atoms with Crippen molar-refractivity contribution in [2.75, 3.05) is 6.61 Å².